The van der Waals surface area contributed by atoms with Crippen LogP contribution in [0.4, 0.5) is 0 Å². The molecule has 0 fully saturated rings. The normalized spacial score (nSPS) is 13.4. The van der Waals surface area contributed by atoms with E-state index in [0.717, 1.165) is 0 Å². The van der Waals surface area contributed by atoms with Crippen molar-refractivity contribution in [3.63, 3.8) is 0 Å². The van der Waals surface area contributed by atoms with Crippen molar-refractivity contribution >= 4 is 19.1 Å². The summed E-state index contributed by atoms with van der Waals surface area (Å²) in [6, 6.07) is 13.0. The van der Waals surface area contributed by atoms with Crippen LogP contribution in [0.3, 0.4) is 0 Å². The molecule has 0 aliphatic heterocycles. The topological polar surface area (TPSA) is 66.1 Å². The van der Waals surface area contributed by atoms with Crippen molar-refractivity contribution in [1.29, 1.82) is 0 Å². The van der Waals surface area contributed by atoms with Crippen LogP contribution < -0.4 is 11.5 Å². The van der Waals surface area contributed by atoms with E-state index in [4.69, 9.17) is 35.8 Å². The molecule has 2 aromatic rings. The van der Waals surface area contributed by atoms with E-state index in [-0.39, 0.29) is 12.1 Å². The minimum atomic E-state index is -0.722. The second-order valence-electron chi connectivity index (χ2n) is 10.2. The summed E-state index contributed by atoms with van der Waals surface area (Å²) in [6.45, 7) is 19.1. The van der Waals surface area contributed by atoms with Gasteiger partial charge in [-0.05, 0) is 57.1 Å². The molecule has 0 bridgehead atoms. The van der Waals surface area contributed by atoms with E-state index in [1.165, 1.54) is 33.4 Å². The van der Waals surface area contributed by atoms with Gasteiger partial charge in [-0.15, -0.1) is 13.1 Å². The van der Waals surface area contributed by atoms with Gasteiger partial charge in [0.15, 0.2) is 0 Å². The zero-order chi connectivity index (χ0) is 26.0. The Labute approximate surface area is 224 Å². The summed E-state index contributed by atoms with van der Waals surface area (Å²) < 4.78 is 0. The zero-order valence-corrected chi connectivity index (χ0v) is 26.3. The van der Waals surface area contributed by atoms with Crippen molar-refractivity contribution in [3.8, 4) is 0 Å². The Balaban J connectivity index is 0.00000182. The first kappa shape index (κ1) is 31.6. The molecular formula is C28H44Cl2N3Re-. The number of hydrogen-bond donors (Lipinski definition) is 2. The molecule has 2 rings (SSSR count). The monoisotopic (exact) mass is 679 g/mol. The van der Waals surface area contributed by atoms with Crippen molar-refractivity contribution in [1.82, 2.24) is 0 Å². The number of nitrogens with zero attached hydrogens (tertiary/aromatic N) is 1. The Kier molecular flexibility index (Phi) is 14.5. The maximum absolute atomic E-state index is 6.72. The van der Waals surface area contributed by atoms with Crippen molar-refractivity contribution in [2.24, 2.45) is 11.5 Å². The average Bonchev–Trinajstić information content (AvgIpc) is 2.78. The fraction of sp³-hybridized carbons (Fsp3) is 0.571. The van der Waals surface area contributed by atoms with E-state index in [0.29, 0.717) is 36.8 Å². The van der Waals surface area contributed by atoms with Gasteiger partial charge in [0.1, 0.15) is 0 Å². The molecule has 0 saturated carbocycles. The van der Waals surface area contributed by atoms with Crippen LogP contribution in [0, 0.1) is 0 Å². The van der Waals surface area contributed by atoms with Crippen LogP contribution in [0.1, 0.15) is 125 Å². The quantitative estimate of drug-likeness (QED) is 0.264. The van der Waals surface area contributed by atoms with Crippen molar-refractivity contribution in [2.45, 2.75) is 91.1 Å². The van der Waals surface area contributed by atoms with Crippen LogP contribution >= 0.6 is 19.1 Å². The molecule has 34 heavy (non-hydrogen) atoms. The number of nitrogens with two attached hydrogens (primary N) is 2. The fourth-order valence-electron chi connectivity index (χ4n) is 4.61. The molecule has 0 saturated heterocycles. The van der Waals surface area contributed by atoms with Gasteiger partial charge in [-0.2, -0.15) is 0 Å². The summed E-state index contributed by atoms with van der Waals surface area (Å²) in [6.07, 6.45) is 0. The molecule has 2 unspecified atom stereocenters. The van der Waals surface area contributed by atoms with Gasteiger partial charge in [0.25, 0.3) is 0 Å². The Morgan fingerprint density at radius 1 is 0.618 bits per heavy atom. The first-order valence-electron chi connectivity index (χ1n) is 12.2. The van der Waals surface area contributed by atoms with Gasteiger partial charge in [0.05, 0.1) is 0 Å². The van der Waals surface area contributed by atoms with Crippen LogP contribution in [0.2, 0.25) is 0 Å². The molecule has 0 aliphatic rings. The van der Waals surface area contributed by atoms with Crippen molar-refractivity contribution in [2.75, 3.05) is 13.1 Å². The van der Waals surface area contributed by atoms with Crippen LogP contribution in [-0.4, -0.2) is 13.1 Å². The van der Waals surface area contributed by atoms with Gasteiger partial charge >= 0.3 is 35.0 Å². The summed E-state index contributed by atoms with van der Waals surface area (Å²) >= 11 is -0.722. The number of rotatable bonds is 10. The Hall–Kier alpha value is -0.438. The van der Waals surface area contributed by atoms with Gasteiger partial charge < -0.3 is 16.8 Å². The molecule has 4 N–H and O–H groups in total. The summed E-state index contributed by atoms with van der Waals surface area (Å²) in [5.74, 6) is 1.75. The van der Waals surface area contributed by atoms with E-state index in [9.17, 15) is 0 Å². The molecule has 0 spiro atoms. The molecular weight excluding hydrogens is 635 g/mol. The summed E-state index contributed by atoms with van der Waals surface area (Å²) in [7, 11) is 9.83. The first-order valence-corrected chi connectivity index (χ1v) is 19.0. The van der Waals surface area contributed by atoms with Gasteiger partial charge in [0, 0.05) is 12.1 Å². The van der Waals surface area contributed by atoms with Crippen LogP contribution in [0.5, 0.6) is 0 Å². The molecule has 0 aliphatic carbocycles. The zero-order valence-electron chi connectivity index (χ0n) is 22.1. The predicted octanol–water partition coefficient (Wildman–Crippen LogP) is 8.63. The standard InChI is InChI=1S/C28H44N3.2ClH.Re/c1-17(2)21-11-9-12-22(18(3)4)27(21)25(29)15-31-16-26(30)28-23(19(5)6)13-10-14-24(28)20(7)8;;;/h9-14,17-20,25-26H,15-16,29-30H2,1-8H3;2*1H;/q-1;;;+2/p-2. The molecule has 0 heterocycles. The van der Waals surface area contributed by atoms with E-state index >= 15 is 0 Å². The molecule has 0 amide bonds. The minimum absolute atomic E-state index is 0.104. The SMILES string of the molecule is CC(C)c1cccc(C(C)C)c1C(N)C[N-]CC(N)c1c(C(C)C)cccc1C(C)C.[Cl][Re][Cl]. The molecule has 193 valence electrons. The second-order valence-corrected chi connectivity index (χ2v) is 14.1. The summed E-state index contributed by atoms with van der Waals surface area (Å²) in [4.78, 5) is 0. The van der Waals surface area contributed by atoms with Crippen molar-refractivity contribution < 1.29 is 15.9 Å². The maximum atomic E-state index is 6.72. The molecule has 2 aromatic carbocycles. The third kappa shape index (κ3) is 8.90. The molecule has 6 heteroatoms. The van der Waals surface area contributed by atoms with Crippen LogP contribution in [0.15, 0.2) is 36.4 Å². The van der Waals surface area contributed by atoms with Gasteiger partial charge in [-0.3, -0.25) is 0 Å². The molecule has 3 nitrogen and oxygen atoms in total. The third-order valence-electron chi connectivity index (χ3n) is 6.23. The Bertz CT molecular complexity index is 747. The Morgan fingerprint density at radius 3 is 1.06 bits per heavy atom. The summed E-state index contributed by atoms with van der Waals surface area (Å²) in [5.41, 5.74) is 21.3. The summed E-state index contributed by atoms with van der Waals surface area (Å²) in [5, 5.41) is 4.88. The van der Waals surface area contributed by atoms with Crippen LogP contribution in [0.25, 0.3) is 5.32 Å². The van der Waals surface area contributed by atoms with E-state index < -0.39 is 15.9 Å². The van der Waals surface area contributed by atoms with E-state index in [1.54, 1.807) is 0 Å². The molecule has 0 radical (unpaired) electrons. The first-order chi connectivity index (χ1) is 16.0. The molecule has 0 aromatic heterocycles. The van der Waals surface area contributed by atoms with Gasteiger partial charge in [0.2, 0.25) is 0 Å². The predicted molar refractivity (Wildman–Crippen MR) is 148 cm³/mol. The number of hydrogen-bond acceptors (Lipinski definition) is 2. The fourth-order valence-corrected chi connectivity index (χ4v) is 4.61. The average molecular weight is 680 g/mol. The van der Waals surface area contributed by atoms with E-state index in [2.05, 4.69) is 91.8 Å². The van der Waals surface area contributed by atoms with E-state index in [1.807, 2.05) is 0 Å². The molecule has 2 atom stereocenters. The Morgan fingerprint density at radius 2 is 0.853 bits per heavy atom. The second kappa shape index (κ2) is 15.6. The number of halogens is 2. The van der Waals surface area contributed by atoms with Crippen molar-refractivity contribution in [3.05, 3.63) is 75.1 Å². The van der Waals surface area contributed by atoms with Gasteiger partial charge in [-0.1, -0.05) is 91.8 Å². The number of benzene rings is 2. The third-order valence-corrected chi connectivity index (χ3v) is 6.23. The van der Waals surface area contributed by atoms with Gasteiger partial charge in [-0.25, -0.2) is 0 Å². The van der Waals surface area contributed by atoms with Crippen LogP contribution in [-0.2, 0) is 15.9 Å².